The lowest BCUT2D eigenvalue weighted by Crippen LogP contribution is -2.33. The molecular weight excluding hydrogens is 436 g/mol. The molecule has 2 heterocycles. The van der Waals surface area contributed by atoms with Crippen LogP contribution in [0.2, 0.25) is 0 Å². The first-order chi connectivity index (χ1) is 15.5. The largest absolute Gasteiger partial charge is 0.435 e. The molecule has 32 heavy (non-hydrogen) atoms. The highest BCUT2D eigenvalue weighted by atomic mass is 32.1. The van der Waals surface area contributed by atoms with Gasteiger partial charge in [0.05, 0.1) is 11.8 Å². The molecule has 0 saturated heterocycles. The maximum absolute atomic E-state index is 12.8. The Hall–Kier alpha value is -3.59. The third-order valence-corrected chi connectivity index (χ3v) is 5.92. The summed E-state index contributed by atoms with van der Waals surface area (Å²) in [4.78, 5) is 30.4. The van der Waals surface area contributed by atoms with Crippen LogP contribution in [0.5, 0.6) is 5.75 Å². The smallest absolute Gasteiger partial charge is 0.387 e. The minimum Gasteiger partial charge on any atom is -0.435 e. The average Bonchev–Trinajstić information content (AvgIpc) is 3.22. The molecule has 0 unspecified atom stereocenters. The van der Waals surface area contributed by atoms with Crippen LogP contribution in [0.1, 0.15) is 5.56 Å². The average molecular weight is 455 g/mol. The van der Waals surface area contributed by atoms with Crippen LogP contribution in [0.25, 0.3) is 20.7 Å². The first-order valence-electron chi connectivity index (χ1n) is 9.84. The van der Waals surface area contributed by atoms with E-state index >= 15 is 0 Å². The van der Waals surface area contributed by atoms with E-state index in [1.807, 2.05) is 36.4 Å². The minimum absolute atomic E-state index is 0.0825. The van der Waals surface area contributed by atoms with Crippen LogP contribution >= 0.6 is 11.3 Å². The molecule has 1 N–H and O–H groups in total. The number of hydrogen-bond donors (Lipinski definition) is 1. The molecule has 6 nitrogen and oxygen atoms in total. The van der Waals surface area contributed by atoms with Crippen LogP contribution in [-0.2, 0) is 17.8 Å². The van der Waals surface area contributed by atoms with E-state index in [1.165, 1.54) is 34.4 Å². The Morgan fingerprint density at radius 3 is 2.59 bits per heavy atom. The zero-order valence-electron chi connectivity index (χ0n) is 16.8. The van der Waals surface area contributed by atoms with Crippen LogP contribution in [0.15, 0.2) is 71.8 Å². The van der Waals surface area contributed by atoms with Crippen LogP contribution in [0.4, 0.5) is 8.78 Å². The number of nitrogens with zero attached hydrogens (tertiary/aromatic N) is 2. The van der Waals surface area contributed by atoms with Gasteiger partial charge in [-0.2, -0.15) is 8.78 Å². The van der Waals surface area contributed by atoms with Crippen LogP contribution in [0.3, 0.4) is 0 Å². The van der Waals surface area contributed by atoms with Crippen molar-refractivity contribution in [1.29, 1.82) is 0 Å². The summed E-state index contributed by atoms with van der Waals surface area (Å²) in [6.07, 6.45) is 1.89. The summed E-state index contributed by atoms with van der Waals surface area (Å²) in [6, 6.07) is 17.8. The summed E-state index contributed by atoms with van der Waals surface area (Å²) in [6.45, 7) is -2.66. The molecule has 4 aromatic rings. The third kappa shape index (κ3) is 5.17. The van der Waals surface area contributed by atoms with Crippen molar-refractivity contribution >= 4 is 27.5 Å². The number of carbonyl (C=O) groups excluding carboxylic acids is 1. The van der Waals surface area contributed by atoms with E-state index in [0.29, 0.717) is 23.2 Å². The molecule has 2 aromatic carbocycles. The lowest BCUT2D eigenvalue weighted by atomic mass is 10.1. The van der Waals surface area contributed by atoms with E-state index in [-0.39, 0.29) is 23.8 Å². The van der Waals surface area contributed by atoms with E-state index < -0.39 is 6.61 Å². The number of thiophene rings is 1. The SMILES string of the molecule is O=C(Cn1cnc2cc(-c3ccccc3)sc2c1=O)NCCc1ccc(OC(F)F)cc1. The van der Waals surface area contributed by atoms with Crippen molar-refractivity contribution in [1.82, 2.24) is 14.9 Å². The zero-order valence-corrected chi connectivity index (χ0v) is 17.6. The normalized spacial score (nSPS) is 11.1. The second-order valence-corrected chi connectivity index (χ2v) is 8.04. The van der Waals surface area contributed by atoms with Gasteiger partial charge in [0.1, 0.15) is 17.0 Å². The topological polar surface area (TPSA) is 73.2 Å². The van der Waals surface area contributed by atoms with Gasteiger partial charge in [0, 0.05) is 11.4 Å². The maximum Gasteiger partial charge on any atom is 0.387 e. The Morgan fingerprint density at radius 1 is 1.12 bits per heavy atom. The number of fused-ring (bicyclic) bond motifs is 1. The number of carbonyl (C=O) groups is 1. The van der Waals surface area contributed by atoms with Gasteiger partial charge < -0.3 is 10.1 Å². The number of hydrogen-bond acceptors (Lipinski definition) is 5. The number of aromatic nitrogens is 2. The van der Waals surface area contributed by atoms with Gasteiger partial charge >= 0.3 is 6.61 Å². The fourth-order valence-corrected chi connectivity index (χ4v) is 4.26. The molecule has 164 valence electrons. The van der Waals surface area contributed by atoms with Gasteiger partial charge in [-0.25, -0.2) is 4.98 Å². The predicted octanol–water partition coefficient (Wildman–Crippen LogP) is 4.09. The van der Waals surface area contributed by atoms with Gasteiger partial charge in [0.15, 0.2) is 0 Å². The Labute approximate surface area is 186 Å². The number of benzene rings is 2. The molecule has 0 bridgehead atoms. The molecule has 0 radical (unpaired) electrons. The molecule has 0 aliphatic heterocycles. The van der Waals surface area contributed by atoms with E-state index in [4.69, 9.17) is 0 Å². The van der Waals surface area contributed by atoms with Gasteiger partial charge in [0.25, 0.3) is 5.56 Å². The van der Waals surface area contributed by atoms with Gasteiger partial charge in [0.2, 0.25) is 5.91 Å². The van der Waals surface area contributed by atoms with Crippen LogP contribution in [0, 0.1) is 0 Å². The highest BCUT2D eigenvalue weighted by Crippen LogP contribution is 2.30. The molecule has 9 heteroatoms. The van der Waals surface area contributed by atoms with Crippen molar-refractivity contribution in [3.8, 4) is 16.2 Å². The molecule has 0 aliphatic rings. The fourth-order valence-electron chi connectivity index (χ4n) is 3.20. The van der Waals surface area contributed by atoms with Gasteiger partial charge in [-0.3, -0.25) is 14.2 Å². The van der Waals surface area contributed by atoms with Crippen molar-refractivity contribution in [2.45, 2.75) is 19.6 Å². The van der Waals surface area contributed by atoms with Crippen molar-refractivity contribution in [2.75, 3.05) is 6.54 Å². The third-order valence-electron chi connectivity index (χ3n) is 4.76. The molecule has 0 atom stereocenters. The van der Waals surface area contributed by atoms with E-state index in [0.717, 1.165) is 16.0 Å². The molecule has 0 spiro atoms. The summed E-state index contributed by atoms with van der Waals surface area (Å²) >= 11 is 1.35. The minimum atomic E-state index is -2.86. The summed E-state index contributed by atoms with van der Waals surface area (Å²) in [5.41, 5.74) is 2.22. The number of ether oxygens (including phenoxy) is 1. The Balaban J connectivity index is 1.36. The highest BCUT2D eigenvalue weighted by Gasteiger charge is 2.12. The number of amides is 1. The summed E-state index contributed by atoms with van der Waals surface area (Å²) in [5, 5.41) is 2.76. The standard InChI is InChI=1S/C23H19F2N3O3S/c24-23(25)31-17-8-6-15(7-9-17)10-11-26-20(29)13-28-14-27-18-12-19(32-21(18)22(28)30)16-4-2-1-3-5-16/h1-9,12,14,23H,10-11,13H2,(H,26,29). The van der Waals surface area contributed by atoms with Crippen molar-refractivity contribution in [2.24, 2.45) is 0 Å². The molecule has 1 amide bonds. The van der Waals surface area contributed by atoms with Gasteiger partial charge in [-0.15, -0.1) is 11.3 Å². The zero-order chi connectivity index (χ0) is 22.5. The van der Waals surface area contributed by atoms with Crippen LogP contribution in [-0.4, -0.2) is 28.6 Å². The van der Waals surface area contributed by atoms with E-state index in [2.05, 4.69) is 15.0 Å². The quantitative estimate of drug-likeness (QED) is 0.435. The Morgan fingerprint density at radius 2 is 1.88 bits per heavy atom. The fraction of sp³-hybridized carbons (Fsp3) is 0.174. The number of rotatable bonds is 8. The summed E-state index contributed by atoms with van der Waals surface area (Å²) in [5.74, 6) is -0.232. The number of alkyl halides is 2. The maximum atomic E-state index is 12.8. The summed E-state index contributed by atoms with van der Waals surface area (Å²) < 4.78 is 30.5. The molecule has 4 rings (SSSR count). The second kappa shape index (κ2) is 9.69. The Bertz CT molecular complexity index is 1270. The molecule has 0 fully saturated rings. The lowest BCUT2D eigenvalue weighted by molar-refractivity contribution is -0.121. The molecule has 0 aliphatic carbocycles. The summed E-state index contributed by atoms with van der Waals surface area (Å²) in [7, 11) is 0. The van der Waals surface area contributed by atoms with E-state index in [1.54, 1.807) is 12.1 Å². The first-order valence-corrected chi connectivity index (χ1v) is 10.7. The lowest BCUT2D eigenvalue weighted by Gasteiger charge is -2.08. The van der Waals surface area contributed by atoms with Gasteiger partial charge in [-0.1, -0.05) is 42.5 Å². The van der Waals surface area contributed by atoms with Crippen molar-refractivity contribution in [3.05, 3.63) is 82.9 Å². The second-order valence-electron chi connectivity index (χ2n) is 6.99. The van der Waals surface area contributed by atoms with Crippen molar-refractivity contribution < 1.29 is 18.3 Å². The van der Waals surface area contributed by atoms with Crippen LogP contribution < -0.4 is 15.6 Å². The Kier molecular flexibility index (Phi) is 6.55. The predicted molar refractivity (Wildman–Crippen MR) is 119 cm³/mol. The first kappa shape index (κ1) is 21.6. The molecule has 2 aromatic heterocycles. The van der Waals surface area contributed by atoms with E-state index in [9.17, 15) is 18.4 Å². The van der Waals surface area contributed by atoms with Gasteiger partial charge in [-0.05, 0) is 35.7 Å². The molecular formula is C23H19F2N3O3S. The molecule has 0 saturated carbocycles. The monoisotopic (exact) mass is 455 g/mol. The highest BCUT2D eigenvalue weighted by molar-refractivity contribution is 7.22. The number of halogens is 2. The van der Waals surface area contributed by atoms with Crippen molar-refractivity contribution in [3.63, 3.8) is 0 Å². The number of nitrogens with one attached hydrogen (secondary N) is 1.